The van der Waals surface area contributed by atoms with Gasteiger partial charge in [0.15, 0.2) is 0 Å². The Hall–Kier alpha value is -1.62. The summed E-state index contributed by atoms with van der Waals surface area (Å²) in [5.74, 6) is 0.517. The molecule has 0 spiro atoms. The van der Waals surface area contributed by atoms with Gasteiger partial charge in [0.1, 0.15) is 5.82 Å². The van der Waals surface area contributed by atoms with Gasteiger partial charge in [-0.15, -0.1) is 0 Å². The molecule has 0 aromatic carbocycles. The van der Waals surface area contributed by atoms with E-state index >= 15 is 0 Å². The third-order valence-corrected chi connectivity index (χ3v) is 3.39. The van der Waals surface area contributed by atoms with Crippen molar-refractivity contribution in [3.05, 3.63) is 23.4 Å². The molecule has 1 aromatic rings. The highest BCUT2D eigenvalue weighted by Gasteiger charge is 2.23. The normalized spacial score (nSPS) is 19.8. The Morgan fingerprint density at radius 3 is 2.89 bits per heavy atom. The highest BCUT2D eigenvalue weighted by atomic mass is 16.3. The fourth-order valence-corrected chi connectivity index (χ4v) is 2.31. The van der Waals surface area contributed by atoms with Crippen molar-refractivity contribution < 1.29 is 9.90 Å². The van der Waals surface area contributed by atoms with E-state index in [2.05, 4.69) is 4.98 Å². The van der Waals surface area contributed by atoms with Gasteiger partial charge < -0.3 is 15.7 Å². The summed E-state index contributed by atoms with van der Waals surface area (Å²) in [5, 5.41) is 9.64. The summed E-state index contributed by atoms with van der Waals surface area (Å²) in [7, 11) is 0. The first-order valence-corrected chi connectivity index (χ1v) is 6.72. The van der Waals surface area contributed by atoms with Crippen LogP contribution in [0.1, 0.15) is 48.7 Å². The van der Waals surface area contributed by atoms with Gasteiger partial charge in [-0.2, -0.15) is 0 Å². The lowest BCUT2D eigenvalue weighted by Gasteiger charge is -2.30. The maximum Gasteiger partial charge on any atom is 0.254 e. The van der Waals surface area contributed by atoms with Crippen LogP contribution in [0.5, 0.6) is 0 Å². The number of nitrogen functional groups attached to an aromatic ring is 1. The zero-order valence-corrected chi connectivity index (χ0v) is 11.5. The van der Waals surface area contributed by atoms with Crippen LogP contribution in [0.15, 0.2) is 12.1 Å². The Balaban J connectivity index is 2.23. The smallest absolute Gasteiger partial charge is 0.254 e. The highest BCUT2D eigenvalue weighted by Crippen LogP contribution is 2.19. The summed E-state index contributed by atoms with van der Waals surface area (Å²) in [6, 6.07) is 3.40. The number of β-amino-alcohol motifs (C(OH)–C–C–N with tert-alkyl or cyclic N) is 1. The van der Waals surface area contributed by atoms with Crippen molar-refractivity contribution in [2.75, 3.05) is 18.8 Å². The molecule has 0 bridgehead atoms. The number of hydrogen-bond acceptors (Lipinski definition) is 4. The minimum absolute atomic E-state index is 0.0743. The molecule has 1 unspecified atom stereocenters. The lowest BCUT2D eigenvalue weighted by molar-refractivity contribution is 0.0473. The number of hydrogen-bond donors (Lipinski definition) is 2. The van der Waals surface area contributed by atoms with E-state index in [4.69, 9.17) is 5.73 Å². The van der Waals surface area contributed by atoms with Gasteiger partial charge in [0.25, 0.3) is 5.91 Å². The topological polar surface area (TPSA) is 79.5 Å². The number of amides is 1. The largest absolute Gasteiger partial charge is 0.391 e. The van der Waals surface area contributed by atoms with Crippen LogP contribution >= 0.6 is 0 Å². The molecule has 0 radical (unpaired) electrons. The maximum absolute atomic E-state index is 12.4. The standard InChI is InChI=1S/C14H21N3O2/c1-9(2)12-6-10(7-13(15)16-12)14(19)17-5-3-4-11(18)8-17/h6-7,9,11,18H,3-5,8H2,1-2H3,(H2,15,16). The van der Waals surface area contributed by atoms with Crippen LogP contribution in [0, 0.1) is 0 Å². The Kier molecular flexibility index (Phi) is 4.04. The molecular formula is C14H21N3O2. The molecule has 3 N–H and O–H groups in total. The van der Waals surface area contributed by atoms with E-state index in [-0.39, 0.29) is 11.8 Å². The van der Waals surface area contributed by atoms with Crippen molar-refractivity contribution in [2.45, 2.75) is 38.7 Å². The minimum Gasteiger partial charge on any atom is -0.391 e. The van der Waals surface area contributed by atoms with E-state index in [0.29, 0.717) is 24.5 Å². The van der Waals surface area contributed by atoms with Gasteiger partial charge in [-0.25, -0.2) is 4.98 Å². The van der Waals surface area contributed by atoms with Gasteiger partial charge in [0.2, 0.25) is 0 Å². The van der Waals surface area contributed by atoms with Gasteiger partial charge in [-0.1, -0.05) is 13.8 Å². The summed E-state index contributed by atoms with van der Waals surface area (Å²) < 4.78 is 0. The fourth-order valence-electron chi connectivity index (χ4n) is 2.31. The molecule has 5 heteroatoms. The Labute approximate surface area is 113 Å². The molecule has 5 nitrogen and oxygen atoms in total. The van der Waals surface area contributed by atoms with Crippen molar-refractivity contribution in [1.82, 2.24) is 9.88 Å². The molecule has 0 saturated carbocycles. The van der Waals surface area contributed by atoms with Crippen molar-refractivity contribution in [3.8, 4) is 0 Å². The molecule has 1 saturated heterocycles. The third kappa shape index (κ3) is 3.23. The second-order valence-corrected chi connectivity index (χ2v) is 5.41. The van der Waals surface area contributed by atoms with Crippen LogP contribution in [0.3, 0.4) is 0 Å². The molecule has 2 rings (SSSR count). The van der Waals surface area contributed by atoms with Gasteiger partial charge in [-0.05, 0) is 30.9 Å². The van der Waals surface area contributed by atoms with Gasteiger partial charge in [-0.3, -0.25) is 4.79 Å². The lowest BCUT2D eigenvalue weighted by atomic mass is 10.0. The number of nitrogens with two attached hydrogens (primary N) is 1. The number of piperidine rings is 1. The van der Waals surface area contributed by atoms with Crippen LogP contribution in [0.2, 0.25) is 0 Å². The average Bonchev–Trinajstić information content (AvgIpc) is 2.37. The number of likely N-dealkylation sites (tertiary alicyclic amines) is 1. The number of aliphatic hydroxyl groups is 1. The minimum atomic E-state index is -0.415. The van der Waals surface area contributed by atoms with Crippen LogP contribution < -0.4 is 5.73 Å². The molecule has 2 heterocycles. The summed E-state index contributed by atoms with van der Waals surface area (Å²) in [5.41, 5.74) is 7.14. The van der Waals surface area contributed by atoms with Crippen molar-refractivity contribution in [3.63, 3.8) is 0 Å². The van der Waals surface area contributed by atoms with E-state index < -0.39 is 6.10 Å². The summed E-state index contributed by atoms with van der Waals surface area (Å²) in [6.07, 6.45) is 1.19. The number of pyridine rings is 1. The van der Waals surface area contributed by atoms with Crippen molar-refractivity contribution >= 4 is 11.7 Å². The quantitative estimate of drug-likeness (QED) is 0.845. The highest BCUT2D eigenvalue weighted by molar-refractivity contribution is 5.95. The molecular weight excluding hydrogens is 242 g/mol. The SMILES string of the molecule is CC(C)c1cc(C(=O)N2CCCC(O)C2)cc(N)n1. The number of aliphatic hydroxyl groups excluding tert-OH is 1. The van der Waals surface area contributed by atoms with Crippen LogP contribution in [0.4, 0.5) is 5.82 Å². The molecule has 1 aromatic heterocycles. The molecule has 0 aliphatic carbocycles. The van der Waals surface area contributed by atoms with Gasteiger partial charge in [0.05, 0.1) is 6.10 Å². The Morgan fingerprint density at radius 1 is 1.53 bits per heavy atom. The first-order chi connectivity index (χ1) is 8.97. The number of aromatic nitrogens is 1. The van der Waals surface area contributed by atoms with E-state index in [0.717, 1.165) is 18.5 Å². The third-order valence-electron chi connectivity index (χ3n) is 3.39. The van der Waals surface area contributed by atoms with Crippen molar-refractivity contribution in [1.29, 1.82) is 0 Å². The van der Waals surface area contributed by atoms with Crippen LogP contribution in [-0.2, 0) is 0 Å². The molecule has 1 atom stereocenters. The number of rotatable bonds is 2. The Morgan fingerprint density at radius 2 is 2.26 bits per heavy atom. The average molecular weight is 263 g/mol. The van der Waals surface area contributed by atoms with Gasteiger partial charge in [0, 0.05) is 24.3 Å². The van der Waals surface area contributed by atoms with Crippen LogP contribution in [-0.4, -0.2) is 40.1 Å². The zero-order chi connectivity index (χ0) is 14.0. The molecule has 19 heavy (non-hydrogen) atoms. The predicted octanol–water partition coefficient (Wildman–Crippen LogP) is 1.38. The summed E-state index contributed by atoms with van der Waals surface area (Å²) in [4.78, 5) is 18.3. The molecule has 1 fully saturated rings. The van der Waals surface area contributed by atoms with Gasteiger partial charge >= 0.3 is 0 Å². The molecule has 104 valence electrons. The van der Waals surface area contributed by atoms with E-state index in [1.807, 2.05) is 13.8 Å². The monoisotopic (exact) mass is 263 g/mol. The zero-order valence-electron chi connectivity index (χ0n) is 11.5. The van der Waals surface area contributed by atoms with Crippen LogP contribution in [0.25, 0.3) is 0 Å². The second-order valence-electron chi connectivity index (χ2n) is 5.41. The number of carbonyl (C=O) groups is 1. The lowest BCUT2D eigenvalue weighted by Crippen LogP contribution is -2.42. The Bertz CT molecular complexity index is 474. The number of nitrogens with zero attached hydrogens (tertiary/aromatic N) is 2. The molecule has 1 aliphatic heterocycles. The summed E-state index contributed by atoms with van der Waals surface area (Å²) in [6.45, 7) is 5.12. The molecule has 1 aliphatic rings. The molecule has 1 amide bonds. The second kappa shape index (κ2) is 5.57. The van der Waals surface area contributed by atoms with Crippen molar-refractivity contribution in [2.24, 2.45) is 0 Å². The first-order valence-electron chi connectivity index (χ1n) is 6.72. The van der Waals surface area contributed by atoms with E-state index in [1.165, 1.54) is 0 Å². The maximum atomic E-state index is 12.4. The summed E-state index contributed by atoms with van der Waals surface area (Å²) >= 11 is 0. The van der Waals surface area contributed by atoms with E-state index in [9.17, 15) is 9.90 Å². The fraction of sp³-hybridized carbons (Fsp3) is 0.571. The van der Waals surface area contributed by atoms with E-state index in [1.54, 1.807) is 17.0 Å². The number of anilines is 1. The number of carbonyl (C=O) groups excluding carboxylic acids is 1. The first kappa shape index (κ1) is 13.8. The predicted molar refractivity (Wildman–Crippen MR) is 73.9 cm³/mol.